The van der Waals surface area contributed by atoms with Crippen LogP contribution in [0, 0.1) is 5.26 Å². The lowest BCUT2D eigenvalue weighted by atomic mass is 10.4. The van der Waals surface area contributed by atoms with Crippen LogP contribution in [0.3, 0.4) is 0 Å². The molecule has 1 aromatic rings. The summed E-state index contributed by atoms with van der Waals surface area (Å²) in [5, 5.41) is 1.40. The predicted octanol–water partition coefficient (Wildman–Crippen LogP) is 1.84. The van der Waals surface area contributed by atoms with Crippen LogP contribution in [0.2, 0.25) is 0 Å². The van der Waals surface area contributed by atoms with Crippen LogP contribution >= 0.6 is 11.3 Å². The fourth-order valence-corrected chi connectivity index (χ4v) is 1.07. The van der Waals surface area contributed by atoms with E-state index in [0.29, 0.717) is 0 Å². The van der Waals surface area contributed by atoms with Gasteiger partial charge in [0.05, 0.1) is 5.69 Å². The first-order chi connectivity index (χ1) is 3.83. The van der Waals surface area contributed by atoms with Crippen LogP contribution in [0.4, 0.5) is 4.39 Å². The summed E-state index contributed by atoms with van der Waals surface area (Å²) >= 11 is 1.05. The van der Waals surface area contributed by atoms with Crippen LogP contribution in [-0.4, -0.2) is 4.98 Å². The van der Waals surface area contributed by atoms with Crippen molar-refractivity contribution < 1.29 is 4.39 Å². The summed E-state index contributed by atoms with van der Waals surface area (Å²) in [7, 11) is 0. The van der Waals surface area contributed by atoms with Gasteiger partial charge in [-0.15, -0.1) is 0 Å². The number of rotatable bonds is 1. The van der Waals surface area contributed by atoms with Crippen LogP contribution in [0.15, 0.2) is 5.38 Å². The van der Waals surface area contributed by atoms with Crippen LogP contribution in [0.5, 0.6) is 0 Å². The fourth-order valence-electron chi connectivity index (χ4n) is 0.445. The molecule has 0 fully saturated rings. The Morgan fingerprint density at radius 2 is 2.62 bits per heavy atom. The average Bonchev–Trinajstić information content (AvgIpc) is 2.14. The van der Waals surface area contributed by atoms with Gasteiger partial charge < -0.3 is 0 Å². The highest BCUT2D eigenvalue weighted by Gasteiger charge is 1.94. The normalized spacial score (nSPS) is 9.75. The van der Waals surface area contributed by atoms with Crippen LogP contribution in [-0.2, 0) is 6.42 Å². The second-order valence-corrected chi connectivity index (χ2v) is 2.25. The Labute approximate surface area is 51.2 Å². The van der Waals surface area contributed by atoms with Crippen LogP contribution in [0.25, 0.3) is 0 Å². The minimum atomic E-state index is -0.332. The van der Waals surface area contributed by atoms with Crippen LogP contribution < -0.4 is 0 Å². The van der Waals surface area contributed by atoms with Crippen molar-refractivity contribution in [2.24, 2.45) is 0 Å². The van der Waals surface area contributed by atoms with Crippen molar-refractivity contribution in [3.8, 4) is 0 Å². The molecule has 0 N–H and O–H groups in total. The van der Waals surface area contributed by atoms with E-state index in [-0.39, 0.29) is 5.26 Å². The summed E-state index contributed by atoms with van der Waals surface area (Å²) in [4.78, 5) is 3.58. The molecule has 0 atom stereocenters. The number of aryl methyl sites for hydroxylation is 1. The van der Waals surface area contributed by atoms with Gasteiger partial charge in [-0.2, -0.15) is 4.39 Å². The number of nitrogens with zero attached hydrogens (tertiary/aromatic N) is 1. The topological polar surface area (TPSA) is 12.9 Å². The molecule has 1 nitrogen and oxygen atoms in total. The molecule has 0 bridgehead atoms. The Balaban J connectivity index is 2.84. The standard InChI is InChI=1S/C5H6FNS/c1-2-4-3-8-5(6)7-4/h3H,2H2,1H3. The minimum absolute atomic E-state index is 0.332. The first kappa shape index (κ1) is 5.69. The van der Waals surface area contributed by atoms with E-state index in [1.807, 2.05) is 6.92 Å². The van der Waals surface area contributed by atoms with Gasteiger partial charge in [-0.3, -0.25) is 0 Å². The highest BCUT2D eigenvalue weighted by molar-refractivity contribution is 7.08. The van der Waals surface area contributed by atoms with Gasteiger partial charge in [-0.1, -0.05) is 18.3 Å². The van der Waals surface area contributed by atoms with Crippen molar-refractivity contribution >= 4 is 11.3 Å². The third kappa shape index (κ3) is 1.04. The summed E-state index contributed by atoms with van der Waals surface area (Å²) in [5.41, 5.74) is 0.840. The maximum absolute atomic E-state index is 12.0. The Bertz CT molecular complexity index is 173. The predicted molar refractivity (Wildman–Crippen MR) is 31.4 cm³/mol. The monoisotopic (exact) mass is 131 g/mol. The molecule has 0 aliphatic carbocycles. The Kier molecular flexibility index (Phi) is 1.58. The number of hydrogen-bond acceptors (Lipinski definition) is 2. The number of hydrogen-bond donors (Lipinski definition) is 0. The van der Waals surface area contributed by atoms with Crippen molar-refractivity contribution in [3.63, 3.8) is 0 Å². The van der Waals surface area contributed by atoms with Crippen molar-refractivity contribution in [2.75, 3.05) is 0 Å². The Hall–Kier alpha value is -0.440. The van der Waals surface area contributed by atoms with Gasteiger partial charge in [-0.25, -0.2) is 4.98 Å². The molecule has 0 amide bonds. The van der Waals surface area contributed by atoms with E-state index in [4.69, 9.17) is 0 Å². The number of thiazole rings is 1. The Morgan fingerprint density at radius 1 is 1.88 bits per heavy atom. The zero-order chi connectivity index (χ0) is 5.98. The van der Waals surface area contributed by atoms with E-state index in [1.165, 1.54) is 0 Å². The van der Waals surface area contributed by atoms with Gasteiger partial charge in [-0.05, 0) is 6.42 Å². The fraction of sp³-hybridized carbons (Fsp3) is 0.400. The van der Waals surface area contributed by atoms with Crippen LogP contribution in [0.1, 0.15) is 12.6 Å². The van der Waals surface area contributed by atoms with E-state index in [2.05, 4.69) is 4.98 Å². The zero-order valence-corrected chi connectivity index (χ0v) is 5.33. The lowest BCUT2D eigenvalue weighted by molar-refractivity contribution is 0.612. The van der Waals surface area contributed by atoms with E-state index in [9.17, 15) is 4.39 Å². The molecule has 0 aliphatic rings. The smallest absolute Gasteiger partial charge is 0.215 e. The summed E-state index contributed by atoms with van der Waals surface area (Å²) < 4.78 is 12.0. The van der Waals surface area contributed by atoms with Gasteiger partial charge in [0, 0.05) is 5.38 Å². The molecule has 0 spiro atoms. The number of aromatic nitrogens is 1. The first-order valence-corrected chi connectivity index (χ1v) is 3.31. The molecule has 44 valence electrons. The molecule has 1 aromatic heterocycles. The molecule has 0 unspecified atom stereocenters. The third-order valence-corrected chi connectivity index (χ3v) is 1.56. The van der Waals surface area contributed by atoms with Gasteiger partial charge in [0.1, 0.15) is 0 Å². The molecular weight excluding hydrogens is 125 g/mol. The van der Waals surface area contributed by atoms with Gasteiger partial charge in [0.2, 0.25) is 0 Å². The molecule has 1 rings (SSSR count). The van der Waals surface area contributed by atoms with Crippen molar-refractivity contribution in [1.29, 1.82) is 0 Å². The highest BCUT2D eigenvalue weighted by atomic mass is 32.1. The lowest BCUT2D eigenvalue weighted by Crippen LogP contribution is -1.77. The molecule has 0 radical (unpaired) electrons. The SMILES string of the molecule is CCc1csc(F)n1. The van der Waals surface area contributed by atoms with E-state index >= 15 is 0 Å². The largest absolute Gasteiger partial charge is 0.269 e. The highest BCUT2D eigenvalue weighted by Crippen LogP contribution is 2.06. The molecule has 0 aliphatic heterocycles. The summed E-state index contributed by atoms with van der Waals surface area (Å²) in [6, 6.07) is 0. The third-order valence-electron chi connectivity index (χ3n) is 0.886. The Morgan fingerprint density at radius 3 is 2.88 bits per heavy atom. The van der Waals surface area contributed by atoms with Gasteiger partial charge in [0.25, 0.3) is 5.26 Å². The second kappa shape index (κ2) is 2.22. The lowest BCUT2D eigenvalue weighted by Gasteiger charge is -1.77. The molecule has 1 heterocycles. The minimum Gasteiger partial charge on any atom is -0.215 e. The maximum atomic E-state index is 12.0. The summed E-state index contributed by atoms with van der Waals surface area (Å²) in [6.45, 7) is 1.95. The summed E-state index contributed by atoms with van der Waals surface area (Å²) in [5.74, 6) is 0. The van der Waals surface area contributed by atoms with Crippen molar-refractivity contribution in [1.82, 2.24) is 4.98 Å². The quantitative estimate of drug-likeness (QED) is 0.566. The van der Waals surface area contributed by atoms with Crippen molar-refractivity contribution in [3.05, 3.63) is 16.3 Å². The molecule has 0 saturated heterocycles. The zero-order valence-electron chi connectivity index (χ0n) is 4.52. The average molecular weight is 131 g/mol. The second-order valence-electron chi connectivity index (χ2n) is 1.45. The number of halogens is 1. The molecule has 3 heteroatoms. The molecule has 8 heavy (non-hydrogen) atoms. The molecule has 0 aromatic carbocycles. The first-order valence-electron chi connectivity index (χ1n) is 2.43. The van der Waals surface area contributed by atoms with E-state index in [1.54, 1.807) is 5.38 Å². The van der Waals surface area contributed by atoms with Gasteiger partial charge >= 0.3 is 0 Å². The molecular formula is C5H6FNS. The van der Waals surface area contributed by atoms with E-state index in [0.717, 1.165) is 23.5 Å². The van der Waals surface area contributed by atoms with Gasteiger partial charge in [0.15, 0.2) is 0 Å². The summed E-state index contributed by atoms with van der Waals surface area (Å²) in [6.07, 6.45) is 0.820. The molecule has 0 saturated carbocycles. The van der Waals surface area contributed by atoms with Crippen molar-refractivity contribution in [2.45, 2.75) is 13.3 Å². The van der Waals surface area contributed by atoms with E-state index < -0.39 is 0 Å². The maximum Gasteiger partial charge on any atom is 0.269 e.